The summed E-state index contributed by atoms with van der Waals surface area (Å²) in [6.07, 6.45) is -1.23. The van der Waals surface area contributed by atoms with Gasteiger partial charge in [0.25, 0.3) is 0 Å². The Morgan fingerprint density at radius 1 is 1.80 bits per heavy atom. The van der Waals surface area contributed by atoms with Crippen molar-refractivity contribution in [2.75, 3.05) is 0 Å². The van der Waals surface area contributed by atoms with Crippen molar-refractivity contribution >= 4 is 19.6 Å². The lowest BCUT2D eigenvalue weighted by atomic mass is 10.2. The van der Waals surface area contributed by atoms with E-state index < -0.39 is 18.0 Å². The van der Waals surface area contributed by atoms with E-state index in [0.29, 0.717) is 0 Å². The molecule has 6 heteroatoms. The van der Waals surface area contributed by atoms with Crippen LogP contribution in [0.5, 0.6) is 0 Å². The normalized spacial score (nSPS) is 23.6. The maximum Gasteiger partial charge on any atom is 0.509 e. The molecule has 0 amide bonds. The molecule has 0 spiro atoms. The zero-order valence-electron chi connectivity index (χ0n) is 5.07. The molecule has 1 fully saturated rings. The van der Waals surface area contributed by atoms with E-state index in [9.17, 15) is 9.59 Å². The second-order valence-electron chi connectivity index (χ2n) is 1.83. The van der Waals surface area contributed by atoms with E-state index in [4.69, 9.17) is 5.11 Å². The van der Waals surface area contributed by atoms with E-state index in [0.717, 1.165) is 0 Å². The molecule has 0 radical (unpaired) electrons. The molecular formula is C4H5BO5. The lowest BCUT2D eigenvalue weighted by Crippen LogP contribution is -2.19. The fourth-order valence-corrected chi connectivity index (χ4v) is 0.636. The summed E-state index contributed by atoms with van der Waals surface area (Å²) in [5, 5.41) is 8.20. The molecule has 0 aromatic rings. The average molecular weight is 144 g/mol. The van der Waals surface area contributed by atoms with Crippen LogP contribution in [0, 0.1) is 0 Å². The van der Waals surface area contributed by atoms with E-state index in [1.807, 2.05) is 0 Å². The molecular weight excluding hydrogens is 139 g/mol. The molecule has 0 aromatic heterocycles. The highest BCUT2D eigenvalue weighted by Gasteiger charge is 2.30. The maximum atomic E-state index is 10.5. The van der Waals surface area contributed by atoms with Gasteiger partial charge in [-0.1, -0.05) is 0 Å². The van der Waals surface area contributed by atoms with Crippen molar-refractivity contribution in [3.05, 3.63) is 0 Å². The number of hydrogen-bond acceptors (Lipinski definition) is 4. The topological polar surface area (TPSA) is 72.8 Å². The smallest absolute Gasteiger partial charge is 0.509 e. The number of carbonyl (C=O) groups excluding carboxylic acids is 1. The van der Waals surface area contributed by atoms with Crippen molar-refractivity contribution in [3.8, 4) is 0 Å². The number of aliphatic carboxylic acids is 1. The Kier molecular flexibility index (Phi) is 1.91. The van der Waals surface area contributed by atoms with Crippen LogP contribution in [0.2, 0.25) is 0 Å². The molecule has 1 aliphatic heterocycles. The number of carbonyl (C=O) groups is 2. The minimum absolute atomic E-state index is 0.128. The lowest BCUT2D eigenvalue weighted by molar-refractivity contribution is -0.145. The molecule has 1 unspecified atom stereocenters. The van der Waals surface area contributed by atoms with Gasteiger partial charge in [0.05, 0.1) is 6.42 Å². The van der Waals surface area contributed by atoms with Crippen LogP contribution < -0.4 is 0 Å². The standard InChI is InChI=1S/C4H5BO5/c6-3(7)1-2-4(8)10-5-9-2/h2,5H,1H2,(H,6,7). The summed E-state index contributed by atoms with van der Waals surface area (Å²) < 4.78 is 8.97. The van der Waals surface area contributed by atoms with E-state index in [-0.39, 0.29) is 14.1 Å². The monoisotopic (exact) mass is 144 g/mol. The Labute approximate surface area is 57.2 Å². The van der Waals surface area contributed by atoms with Crippen LogP contribution in [0.3, 0.4) is 0 Å². The van der Waals surface area contributed by atoms with Gasteiger partial charge >= 0.3 is 19.6 Å². The van der Waals surface area contributed by atoms with E-state index >= 15 is 0 Å². The van der Waals surface area contributed by atoms with Gasteiger partial charge < -0.3 is 14.4 Å². The second-order valence-corrected chi connectivity index (χ2v) is 1.83. The van der Waals surface area contributed by atoms with Gasteiger partial charge in [0, 0.05) is 0 Å². The summed E-state index contributed by atoms with van der Waals surface area (Å²) in [4.78, 5) is 20.5. The quantitative estimate of drug-likeness (QED) is 0.486. The predicted octanol–water partition coefficient (Wildman–Crippen LogP) is -1.33. The van der Waals surface area contributed by atoms with Gasteiger partial charge in [0.15, 0.2) is 6.10 Å². The van der Waals surface area contributed by atoms with Gasteiger partial charge in [-0.25, -0.2) is 0 Å². The summed E-state index contributed by atoms with van der Waals surface area (Å²) >= 11 is 0. The molecule has 0 aromatic carbocycles. The zero-order chi connectivity index (χ0) is 7.56. The van der Waals surface area contributed by atoms with Crippen molar-refractivity contribution in [1.29, 1.82) is 0 Å². The van der Waals surface area contributed by atoms with Crippen LogP contribution in [0.1, 0.15) is 6.42 Å². The highest BCUT2D eigenvalue weighted by molar-refractivity contribution is 6.26. The Balaban J connectivity index is 2.40. The molecule has 0 aliphatic carbocycles. The maximum absolute atomic E-state index is 10.5. The third-order valence-corrected chi connectivity index (χ3v) is 1.09. The lowest BCUT2D eigenvalue weighted by Gasteiger charge is -1.99. The van der Waals surface area contributed by atoms with Crippen molar-refractivity contribution < 1.29 is 24.0 Å². The third kappa shape index (κ3) is 1.47. The van der Waals surface area contributed by atoms with Crippen molar-refractivity contribution in [3.63, 3.8) is 0 Å². The molecule has 10 heavy (non-hydrogen) atoms. The molecule has 1 aliphatic rings. The van der Waals surface area contributed by atoms with E-state index in [1.165, 1.54) is 0 Å². The van der Waals surface area contributed by atoms with Crippen molar-refractivity contribution in [2.24, 2.45) is 0 Å². The molecule has 54 valence electrons. The molecule has 1 saturated heterocycles. The van der Waals surface area contributed by atoms with Gasteiger partial charge in [-0.15, -0.1) is 0 Å². The Hall–Kier alpha value is -1.04. The minimum atomic E-state index is -1.07. The third-order valence-electron chi connectivity index (χ3n) is 1.09. The first-order valence-corrected chi connectivity index (χ1v) is 2.70. The number of carboxylic acids is 1. The molecule has 1 atom stereocenters. The fraction of sp³-hybridized carbons (Fsp3) is 0.500. The SMILES string of the molecule is O=C(O)CC1OBOC1=O. The molecule has 1 N–H and O–H groups in total. The Morgan fingerprint density at radius 3 is 2.90 bits per heavy atom. The van der Waals surface area contributed by atoms with Gasteiger partial charge in [-0.2, -0.15) is 0 Å². The largest absolute Gasteiger partial charge is 0.510 e. The summed E-state index contributed by atoms with van der Waals surface area (Å²) in [5.74, 6) is -1.66. The highest BCUT2D eigenvalue weighted by atomic mass is 16.7. The van der Waals surface area contributed by atoms with Crippen LogP contribution in [-0.4, -0.2) is 30.8 Å². The molecule has 1 heterocycles. The fourth-order valence-electron chi connectivity index (χ4n) is 0.636. The van der Waals surface area contributed by atoms with Crippen LogP contribution in [0.25, 0.3) is 0 Å². The predicted molar refractivity (Wildman–Crippen MR) is 30.4 cm³/mol. The van der Waals surface area contributed by atoms with Crippen LogP contribution in [-0.2, 0) is 18.9 Å². The average Bonchev–Trinajstić information content (AvgIpc) is 2.15. The van der Waals surface area contributed by atoms with Crippen LogP contribution in [0.15, 0.2) is 0 Å². The summed E-state index contributed by atoms with van der Waals surface area (Å²) in [6, 6.07) is 0. The van der Waals surface area contributed by atoms with Crippen LogP contribution >= 0.6 is 0 Å². The molecule has 0 bridgehead atoms. The number of hydrogen-bond donors (Lipinski definition) is 1. The second kappa shape index (κ2) is 2.70. The van der Waals surface area contributed by atoms with Crippen molar-refractivity contribution in [1.82, 2.24) is 0 Å². The zero-order valence-corrected chi connectivity index (χ0v) is 5.07. The molecule has 5 nitrogen and oxygen atoms in total. The van der Waals surface area contributed by atoms with Gasteiger partial charge in [-0.05, 0) is 0 Å². The number of carboxylic acid groups (broad SMARTS) is 1. The number of rotatable bonds is 2. The van der Waals surface area contributed by atoms with Gasteiger partial charge in [-0.3, -0.25) is 9.59 Å². The highest BCUT2D eigenvalue weighted by Crippen LogP contribution is 2.06. The minimum Gasteiger partial charge on any atom is -0.510 e. The van der Waals surface area contributed by atoms with Gasteiger partial charge in [0.2, 0.25) is 0 Å². The van der Waals surface area contributed by atoms with E-state index in [2.05, 4.69) is 9.31 Å². The molecule has 0 saturated carbocycles. The van der Waals surface area contributed by atoms with Gasteiger partial charge in [0.1, 0.15) is 0 Å². The summed E-state index contributed by atoms with van der Waals surface area (Å²) in [5.41, 5.74) is 0. The summed E-state index contributed by atoms with van der Waals surface area (Å²) in [6.45, 7) is 0. The molecule has 1 rings (SSSR count). The first-order valence-electron chi connectivity index (χ1n) is 2.70. The van der Waals surface area contributed by atoms with Crippen LogP contribution in [0.4, 0.5) is 0 Å². The Bertz CT molecular complexity index is 167. The summed E-state index contributed by atoms with van der Waals surface area (Å²) in [7, 11) is -0.128. The van der Waals surface area contributed by atoms with E-state index in [1.54, 1.807) is 0 Å². The first-order chi connectivity index (χ1) is 4.70. The first kappa shape index (κ1) is 7.08. The Morgan fingerprint density at radius 2 is 2.50 bits per heavy atom. The van der Waals surface area contributed by atoms with Crippen molar-refractivity contribution in [2.45, 2.75) is 12.5 Å².